The second kappa shape index (κ2) is 7.40. The molecule has 0 saturated heterocycles. The second-order valence-corrected chi connectivity index (χ2v) is 5.98. The molecule has 23 heavy (non-hydrogen) atoms. The fraction of sp³-hybridized carbons (Fsp3) is 0.316. The maximum atomic E-state index is 5.80. The van der Waals surface area contributed by atoms with E-state index in [1.165, 1.54) is 16.8 Å². The molecule has 3 aromatic rings. The van der Waals surface area contributed by atoms with Crippen molar-refractivity contribution in [2.45, 2.75) is 19.9 Å². The predicted octanol–water partition coefficient (Wildman–Crippen LogP) is 2.65. The first-order valence-electron chi connectivity index (χ1n) is 8.15. The van der Waals surface area contributed by atoms with Crippen LogP contribution in [-0.2, 0) is 13.0 Å². The number of nitrogens with two attached hydrogens (primary N) is 1. The Labute approximate surface area is 137 Å². The molecule has 0 atom stereocenters. The summed E-state index contributed by atoms with van der Waals surface area (Å²) >= 11 is 0. The van der Waals surface area contributed by atoms with Crippen molar-refractivity contribution in [1.82, 2.24) is 14.3 Å². The molecule has 0 aliphatic carbocycles. The molecule has 0 fully saturated rings. The number of hydrogen-bond acceptors (Lipinski definition) is 3. The lowest BCUT2D eigenvalue weighted by molar-refractivity contribution is 0.272. The molecule has 2 aromatic heterocycles. The molecule has 0 amide bonds. The van der Waals surface area contributed by atoms with Crippen molar-refractivity contribution in [3.63, 3.8) is 0 Å². The molecule has 4 heteroatoms. The zero-order chi connectivity index (χ0) is 16.1. The van der Waals surface area contributed by atoms with Gasteiger partial charge in [-0.2, -0.15) is 0 Å². The topological polar surface area (TPSA) is 46.6 Å². The number of nitrogens with zero attached hydrogens (tertiary/aromatic N) is 3. The summed E-state index contributed by atoms with van der Waals surface area (Å²) in [5, 5.41) is 0. The molecule has 0 saturated carbocycles. The van der Waals surface area contributed by atoms with E-state index in [9.17, 15) is 0 Å². The van der Waals surface area contributed by atoms with Gasteiger partial charge in [0.15, 0.2) is 0 Å². The minimum atomic E-state index is 0.671. The Bertz CT molecular complexity index is 748. The minimum absolute atomic E-state index is 0.671. The average molecular weight is 308 g/mol. The third-order valence-corrected chi connectivity index (χ3v) is 4.12. The van der Waals surface area contributed by atoms with Crippen LogP contribution in [0.15, 0.2) is 54.9 Å². The molecule has 2 heterocycles. The van der Waals surface area contributed by atoms with Gasteiger partial charge in [-0.05, 0) is 30.5 Å². The van der Waals surface area contributed by atoms with Crippen molar-refractivity contribution in [3.05, 3.63) is 71.7 Å². The first-order chi connectivity index (χ1) is 11.3. The van der Waals surface area contributed by atoms with E-state index in [0.29, 0.717) is 6.54 Å². The normalized spacial score (nSPS) is 11.4. The molecule has 0 aliphatic heterocycles. The maximum Gasteiger partial charge on any atom is 0.136 e. The Balaban J connectivity index is 1.72. The molecule has 0 unspecified atom stereocenters. The number of aromatic nitrogens is 2. The molecule has 1 aromatic carbocycles. The van der Waals surface area contributed by atoms with Crippen molar-refractivity contribution >= 4 is 5.65 Å². The standard InChI is InChI=1S/C19H24N4/c1-16-7-8-19-21-13-18(23(19)14-16)15-22(12-10-20)11-9-17-5-3-2-4-6-17/h2-8,13-14H,9-12,15,20H2,1H3. The van der Waals surface area contributed by atoms with Gasteiger partial charge in [0.2, 0.25) is 0 Å². The summed E-state index contributed by atoms with van der Waals surface area (Å²) in [4.78, 5) is 6.90. The molecule has 0 bridgehead atoms. The molecule has 3 rings (SSSR count). The summed E-state index contributed by atoms with van der Waals surface area (Å²) in [6.45, 7) is 5.54. The van der Waals surface area contributed by atoms with Crippen LogP contribution in [0, 0.1) is 6.92 Å². The summed E-state index contributed by atoms with van der Waals surface area (Å²) < 4.78 is 2.18. The number of pyridine rings is 1. The average Bonchev–Trinajstić information content (AvgIpc) is 2.96. The summed E-state index contributed by atoms with van der Waals surface area (Å²) in [6, 6.07) is 14.8. The Hall–Kier alpha value is -2.17. The van der Waals surface area contributed by atoms with Crippen LogP contribution in [0.4, 0.5) is 0 Å². The Morgan fingerprint density at radius 2 is 1.91 bits per heavy atom. The molecule has 120 valence electrons. The van der Waals surface area contributed by atoms with Crippen LogP contribution in [0.2, 0.25) is 0 Å². The zero-order valence-corrected chi connectivity index (χ0v) is 13.7. The van der Waals surface area contributed by atoms with Gasteiger partial charge in [-0.3, -0.25) is 4.90 Å². The number of aryl methyl sites for hydroxylation is 1. The molecular weight excluding hydrogens is 284 g/mol. The SMILES string of the molecule is Cc1ccc2ncc(CN(CCN)CCc3ccccc3)n2c1. The van der Waals surface area contributed by atoms with Crippen molar-refractivity contribution in [3.8, 4) is 0 Å². The Kier molecular flexibility index (Phi) is 5.05. The van der Waals surface area contributed by atoms with Crippen LogP contribution >= 0.6 is 0 Å². The van der Waals surface area contributed by atoms with E-state index in [1.807, 2.05) is 6.20 Å². The van der Waals surface area contributed by atoms with Crippen molar-refractivity contribution in [2.24, 2.45) is 5.73 Å². The number of fused-ring (bicyclic) bond motifs is 1. The van der Waals surface area contributed by atoms with Gasteiger partial charge >= 0.3 is 0 Å². The zero-order valence-electron chi connectivity index (χ0n) is 13.7. The second-order valence-electron chi connectivity index (χ2n) is 5.98. The van der Waals surface area contributed by atoms with Crippen molar-refractivity contribution < 1.29 is 0 Å². The molecule has 0 aliphatic rings. The van der Waals surface area contributed by atoms with Crippen LogP contribution in [-0.4, -0.2) is 33.9 Å². The lowest BCUT2D eigenvalue weighted by Gasteiger charge is -2.21. The highest BCUT2D eigenvalue weighted by Crippen LogP contribution is 2.12. The van der Waals surface area contributed by atoms with E-state index in [-0.39, 0.29) is 0 Å². The first kappa shape index (κ1) is 15.7. The van der Waals surface area contributed by atoms with Crippen LogP contribution in [0.3, 0.4) is 0 Å². The number of hydrogen-bond donors (Lipinski definition) is 1. The summed E-state index contributed by atoms with van der Waals surface area (Å²) in [6.07, 6.45) is 5.16. The van der Waals surface area contributed by atoms with Gasteiger partial charge in [-0.1, -0.05) is 36.4 Å². The van der Waals surface area contributed by atoms with Gasteiger partial charge in [0.1, 0.15) is 5.65 Å². The fourth-order valence-electron chi connectivity index (χ4n) is 2.87. The highest BCUT2D eigenvalue weighted by Gasteiger charge is 2.10. The van der Waals surface area contributed by atoms with Gasteiger partial charge in [0.25, 0.3) is 0 Å². The summed E-state index contributed by atoms with van der Waals surface area (Å²) in [5.74, 6) is 0. The molecule has 2 N–H and O–H groups in total. The minimum Gasteiger partial charge on any atom is -0.329 e. The van der Waals surface area contributed by atoms with Crippen LogP contribution in [0.1, 0.15) is 16.8 Å². The van der Waals surface area contributed by atoms with Gasteiger partial charge in [-0.15, -0.1) is 0 Å². The Morgan fingerprint density at radius 3 is 2.70 bits per heavy atom. The lowest BCUT2D eigenvalue weighted by Crippen LogP contribution is -2.31. The highest BCUT2D eigenvalue weighted by molar-refractivity contribution is 5.41. The van der Waals surface area contributed by atoms with Gasteiger partial charge < -0.3 is 10.1 Å². The monoisotopic (exact) mass is 308 g/mol. The van der Waals surface area contributed by atoms with Crippen LogP contribution in [0.5, 0.6) is 0 Å². The fourth-order valence-corrected chi connectivity index (χ4v) is 2.87. The lowest BCUT2D eigenvalue weighted by atomic mass is 10.1. The number of imidazole rings is 1. The molecular formula is C19H24N4. The summed E-state index contributed by atoms with van der Waals surface area (Å²) in [7, 11) is 0. The maximum absolute atomic E-state index is 5.80. The van der Waals surface area contributed by atoms with Crippen LogP contribution < -0.4 is 5.73 Å². The van der Waals surface area contributed by atoms with Gasteiger partial charge in [-0.25, -0.2) is 4.98 Å². The van der Waals surface area contributed by atoms with Gasteiger partial charge in [0, 0.05) is 32.4 Å². The van der Waals surface area contributed by atoms with E-state index < -0.39 is 0 Å². The van der Waals surface area contributed by atoms with Crippen molar-refractivity contribution in [1.29, 1.82) is 0 Å². The van der Waals surface area contributed by atoms with E-state index in [1.54, 1.807) is 0 Å². The number of benzene rings is 1. The smallest absolute Gasteiger partial charge is 0.136 e. The van der Waals surface area contributed by atoms with E-state index in [4.69, 9.17) is 5.73 Å². The third kappa shape index (κ3) is 3.97. The van der Waals surface area contributed by atoms with E-state index in [0.717, 1.165) is 31.7 Å². The molecule has 0 radical (unpaired) electrons. The molecule has 0 spiro atoms. The summed E-state index contributed by atoms with van der Waals surface area (Å²) in [5.41, 5.74) is 10.6. The third-order valence-electron chi connectivity index (χ3n) is 4.12. The quantitative estimate of drug-likeness (QED) is 0.730. The van der Waals surface area contributed by atoms with Crippen LogP contribution in [0.25, 0.3) is 5.65 Å². The largest absolute Gasteiger partial charge is 0.329 e. The van der Waals surface area contributed by atoms with Gasteiger partial charge in [0.05, 0.1) is 11.9 Å². The highest BCUT2D eigenvalue weighted by atomic mass is 15.1. The van der Waals surface area contributed by atoms with E-state index >= 15 is 0 Å². The first-order valence-corrected chi connectivity index (χ1v) is 8.15. The number of rotatable bonds is 7. The Morgan fingerprint density at radius 1 is 1.09 bits per heavy atom. The predicted molar refractivity (Wildman–Crippen MR) is 94.4 cm³/mol. The molecule has 4 nitrogen and oxygen atoms in total. The van der Waals surface area contributed by atoms with E-state index in [2.05, 4.69) is 69.9 Å². The van der Waals surface area contributed by atoms with Crippen molar-refractivity contribution in [2.75, 3.05) is 19.6 Å².